The van der Waals surface area contributed by atoms with Crippen LogP contribution >= 0.6 is 27.3 Å². The first-order chi connectivity index (χ1) is 11.2. The second kappa shape index (κ2) is 7.02. The van der Waals surface area contributed by atoms with Gasteiger partial charge in [-0.2, -0.15) is 5.26 Å². The Morgan fingerprint density at radius 2 is 2.04 bits per heavy atom. The number of anilines is 1. The summed E-state index contributed by atoms with van der Waals surface area (Å²) >= 11 is 5.42. The fraction of sp³-hybridized carbons (Fsp3) is 0.444. The molecule has 0 aromatic carbocycles. The van der Waals surface area contributed by atoms with E-state index in [4.69, 9.17) is 5.73 Å². The summed E-state index contributed by atoms with van der Waals surface area (Å²) in [7, 11) is 0. The number of hydrogen-bond donors (Lipinski definition) is 1. The highest BCUT2D eigenvalue weighted by atomic mass is 79.9. The van der Waals surface area contributed by atoms with Gasteiger partial charge < -0.3 is 0 Å². The van der Waals surface area contributed by atoms with Crippen molar-refractivity contribution in [3.63, 3.8) is 0 Å². The first-order valence-electron chi connectivity index (χ1n) is 8.20. The molecule has 0 saturated carbocycles. The molecule has 0 atom stereocenters. The van der Waals surface area contributed by atoms with Crippen molar-refractivity contribution in [2.24, 2.45) is 0 Å². The van der Waals surface area contributed by atoms with E-state index in [2.05, 4.69) is 40.0 Å². The molecule has 3 N–H and O–H groups in total. The number of hydrogen-bond acceptors (Lipinski definition) is 3. The maximum Gasteiger partial charge on any atom is 0.289 e. The van der Waals surface area contributed by atoms with E-state index in [0.717, 1.165) is 34.2 Å². The van der Waals surface area contributed by atoms with Crippen molar-refractivity contribution in [3.05, 3.63) is 32.2 Å². The fourth-order valence-corrected chi connectivity index (χ4v) is 5.32. The van der Waals surface area contributed by atoms with Crippen LogP contribution in [-0.4, -0.2) is 0 Å². The number of nitrogens with two attached hydrogens (primary N) is 1. The minimum atomic E-state index is 0.504. The van der Waals surface area contributed by atoms with Crippen LogP contribution in [0.15, 0.2) is 10.5 Å². The number of pyridine rings is 1. The molecule has 2 aromatic heterocycles. The number of aromatic amines is 1. The topological polar surface area (TPSA) is 64.0 Å². The molecule has 1 aliphatic rings. The SMILES string of the molecule is CCc1sc(-c2c(C#N)c(N)[nH+]c3c2CCCCCC3)cc1Br. The maximum absolute atomic E-state index is 9.66. The fourth-order valence-electron chi connectivity index (χ4n) is 3.34. The normalized spacial score (nSPS) is 14.7. The zero-order chi connectivity index (χ0) is 16.4. The van der Waals surface area contributed by atoms with Crippen molar-refractivity contribution >= 4 is 33.1 Å². The molecule has 0 fully saturated rings. The third-order valence-corrected chi connectivity index (χ3v) is 6.78. The number of nitrogens with one attached hydrogen (secondary N) is 1. The minimum absolute atomic E-state index is 0.504. The number of halogens is 1. The van der Waals surface area contributed by atoms with E-state index in [1.54, 1.807) is 11.3 Å². The molecule has 2 heterocycles. The van der Waals surface area contributed by atoms with Gasteiger partial charge in [0.25, 0.3) is 5.82 Å². The highest BCUT2D eigenvalue weighted by Crippen LogP contribution is 2.40. The lowest BCUT2D eigenvalue weighted by atomic mass is 9.90. The Morgan fingerprint density at radius 1 is 1.30 bits per heavy atom. The summed E-state index contributed by atoms with van der Waals surface area (Å²) in [5.41, 5.74) is 10.4. The molecule has 23 heavy (non-hydrogen) atoms. The lowest BCUT2D eigenvalue weighted by molar-refractivity contribution is -0.374. The molecule has 0 bridgehead atoms. The smallest absolute Gasteiger partial charge is 0.286 e. The van der Waals surface area contributed by atoms with Gasteiger partial charge in [0.1, 0.15) is 17.3 Å². The van der Waals surface area contributed by atoms with E-state index in [9.17, 15) is 5.26 Å². The summed E-state index contributed by atoms with van der Waals surface area (Å²) in [5, 5.41) is 9.66. The first-order valence-corrected chi connectivity index (χ1v) is 9.81. The molecule has 5 heteroatoms. The van der Waals surface area contributed by atoms with Crippen molar-refractivity contribution in [1.82, 2.24) is 0 Å². The van der Waals surface area contributed by atoms with Gasteiger partial charge in [0, 0.05) is 31.8 Å². The molecule has 0 radical (unpaired) electrons. The summed E-state index contributed by atoms with van der Waals surface area (Å²) in [6, 6.07) is 4.48. The third-order valence-electron chi connectivity index (χ3n) is 4.51. The Kier molecular flexibility index (Phi) is 5.03. The van der Waals surface area contributed by atoms with Crippen LogP contribution in [0.2, 0.25) is 0 Å². The molecule has 3 nitrogen and oxygen atoms in total. The van der Waals surface area contributed by atoms with Gasteiger partial charge in [0.2, 0.25) is 0 Å². The molecule has 0 unspecified atom stereocenters. The van der Waals surface area contributed by atoms with Gasteiger partial charge >= 0.3 is 0 Å². The molecule has 1 aliphatic carbocycles. The summed E-state index contributed by atoms with van der Waals surface area (Å²) < 4.78 is 1.13. The van der Waals surface area contributed by atoms with Crippen LogP contribution in [0.5, 0.6) is 0 Å². The zero-order valence-electron chi connectivity index (χ0n) is 13.3. The number of rotatable bonds is 2. The van der Waals surface area contributed by atoms with Crippen LogP contribution in [0.3, 0.4) is 0 Å². The van der Waals surface area contributed by atoms with E-state index >= 15 is 0 Å². The van der Waals surface area contributed by atoms with Crippen molar-refractivity contribution in [2.45, 2.75) is 51.9 Å². The number of H-pyrrole nitrogens is 1. The predicted molar refractivity (Wildman–Crippen MR) is 98.4 cm³/mol. The van der Waals surface area contributed by atoms with Crippen LogP contribution in [0, 0.1) is 11.3 Å². The number of thiophene rings is 1. The van der Waals surface area contributed by atoms with Gasteiger partial charge in [-0.15, -0.1) is 11.3 Å². The second-order valence-corrected chi connectivity index (χ2v) is 8.00. The Balaban J connectivity index is 2.25. The van der Waals surface area contributed by atoms with Crippen molar-refractivity contribution in [1.29, 1.82) is 5.26 Å². The van der Waals surface area contributed by atoms with E-state index in [0.29, 0.717) is 11.4 Å². The molecular formula is C18H21BrN3S+. The molecule has 0 aliphatic heterocycles. The number of nitrogen functional groups attached to an aromatic ring is 1. The first kappa shape index (κ1) is 16.5. The van der Waals surface area contributed by atoms with E-state index in [1.807, 2.05) is 0 Å². The Bertz CT molecular complexity index is 774. The lowest BCUT2D eigenvalue weighted by Gasteiger charge is -2.16. The number of aryl methyl sites for hydroxylation is 2. The Morgan fingerprint density at radius 3 is 2.70 bits per heavy atom. The summed E-state index contributed by atoms with van der Waals surface area (Å²) in [5.74, 6) is 0.504. The standard InChI is InChI=1S/C18H20BrN3S/c1-2-15-13(19)9-16(23-15)17-11-7-5-3-4-6-8-14(11)22-18(21)12(17)10-20/h9H,2-8H2,1H3,(H2,21,22)/p+1. The van der Waals surface area contributed by atoms with Gasteiger partial charge in [-0.1, -0.05) is 19.8 Å². The largest absolute Gasteiger partial charge is 0.289 e. The molecular weight excluding hydrogens is 370 g/mol. The van der Waals surface area contributed by atoms with Crippen LogP contribution in [0.1, 0.15) is 54.3 Å². The van der Waals surface area contributed by atoms with Crippen molar-refractivity contribution in [3.8, 4) is 16.5 Å². The average molecular weight is 391 g/mol. The monoisotopic (exact) mass is 390 g/mol. The van der Waals surface area contributed by atoms with Crippen LogP contribution < -0.4 is 10.7 Å². The van der Waals surface area contributed by atoms with E-state index in [1.165, 1.54) is 41.8 Å². The van der Waals surface area contributed by atoms with E-state index < -0.39 is 0 Å². The van der Waals surface area contributed by atoms with Crippen LogP contribution in [0.4, 0.5) is 5.82 Å². The van der Waals surface area contributed by atoms with Gasteiger partial charge in [-0.25, -0.2) is 4.98 Å². The third kappa shape index (κ3) is 3.15. The number of fused-ring (bicyclic) bond motifs is 1. The van der Waals surface area contributed by atoms with E-state index in [-0.39, 0.29) is 0 Å². The quantitative estimate of drug-likeness (QED) is 0.809. The van der Waals surface area contributed by atoms with Crippen molar-refractivity contribution in [2.75, 3.05) is 5.73 Å². The molecule has 120 valence electrons. The average Bonchev–Trinajstić information content (AvgIpc) is 2.89. The Hall–Kier alpha value is -1.38. The Labute approximate surface area is 149 Å². The minimum Gasteiger partial charge on any atom is -0.286 e. The highest BCUT2D eigenvalue weighted by molar-refractivity contribution is 9.10. The number of nitrogens with zero attached hydrogens (tertiary/aromatic N) is 1. The maximum atomic E-state index is 9.66. The molecule has 0 spiro atoms. The van der Waals surface area contributed by atoms with Crippen LogP contribution in [-0.2, 0) is 19.3 Å². The highest BCUT2D eigenvalue weighted by Gasteiger charge is 2.25. The summed E-state index contributed by atoms with van der Waals surface area (Å²) in [4.78, 5) is 5.78. The lowest BCUT2D eigenvalue weighted by Crippen LogP contribution is -2.23. The number of nitriles is 1. The van der Waals surface area contributed by atoms with Crippen LogP contribution in [0.25, 0.3) is 10.4 Å². The summed E-state index contributed by atoms with van der Waals surface area (Å²) in [6.07, 6.45) is 7.92. The molecule has 0 saturated heterocycles. The van der Waals surface area contributed by atoms with Gasteiger partial charge in [0.15, 0.2) is 0 Å². The number of aromatic nitrogens is 1. The van der Waals surface area contributed by atoms with Gasteiger partial charge in [-0.3, -0.25) is 5.73 Å². The van der Waals surface area contributed by atoms with Gasteiger partial charge in [0.05, 0.1) is 0 Å². The molecule has 2 aromatic rings. The zero-order valence-corrected chi connectivity index (χ0v) is 15.7. The van der Waals surface area contributed by atoms with Crippen molar-refractivity contribution < 1.29 is 4.98 Å². The molecule has 3 rings (SSSR count). The second-order valence-electron chi connectivity index (χ2n) is 6.01. The summed E-state index contributed by atoms with van der Waals surface area (Å²) in [6.45, 7) is 2.16. The van der Waals surface area contributed by atoms with Gasteiger partial charge in [-0.05, 0) is 47.7 Å². The predicted octanol–water partition coefficient (Wildman–Crippen LogP) is 4.67. The molecule has 0 amide bonds.